The molecule has 154 valence electrons. The SMILES string of the molecule is COC(=O)CCS[C@@H]1CC(=O)O[C@@H](C)CCC/C=C/[C@@H]2C[C@H](O)C[C@H]2[C@@H]1O. The molecule has 27 heavy (non-hydrogen) atoms. The molecule has 0 spiro atoms. The Morgan fingerprint density at radius 2 is 2.15 bits per heavy atom. The van der Waals surface area contributed by atoms with Crippen molar-refractivity contribution < 1.29 is 29.3 Å². The van der Waals surface area contributed by atoms with Gasteiger partial charge in [-0.3, -0.25) is 9.59 Å². The second-order valence-corrected chi connectivity index (χ2v) is 8.89. The van der Waals surface area contributed by atoms with Crippen molar-refractivity contribution in [1.82, 2.24) is 0 Å². The zero-order valence-corrected chi connectivity index (χ0v) is 17.0. The van der Waals surface area contributed by atoms with Gasteiger partial charge in [0.25, 0.3) is 0 Å². The van der Waals surface area contributed by atoms with E-state index in [0.717, 1.165) is 19.3 Å². The molecular formula is C20H32O6S. The molecule has 0 bridgehead atoms. The average molecular weight is 401 g/mol. The number of aliphatic hydroxyl groups excluding tert-OH is 2. The number of carbonyl (C=O) groups is 2. The number of esters is 2. The molecule has 2 rings (SSSR count). The molecule has 0 unspecified atom stereocenters. The predicted octanol–water partition coefficient (Wildman–Crippen LogP) is 2.46. The van der Waals surface area contributed by atoms with Gasteiger partial charge in [-0.1, -0.05) is 12.2 Å². The summed E-state index contributed by atoms with van der Waals surface area (Å²) in [6.07, 6.45) is 7.03. The third-order valence-electron chi connectivity index (χ3n) is 5.39. The van der Waals surface area contributed by atoms with Crippen molar-refractivity contribution in [3.05, 3.63) is 12.2 Å². The number of cyclic esters (lactones) is 1. The Morgan fingerprint density at radius 3 is 2.89 bits per heavy atom. The highest BCUT2D eigenvalue weighted by atomic mass is 32.2. The van der Waals surface area contributed by atoms with Crippen molar-refractivity contribution in [3.63, 3.8) is 0 Å². The van der Waals surface area contributed by atoms with E-state index in [-0.39, 0.29) is 48.0 Å². The number of allylic oxidation sites excluding steroid dienone is 2. The number of thioether (sulfide) groups is 1. The van der Waals surface area contributed by atoms with Crippen LogP contribution in [0.2, 0.25) is 0 Å². The monoisotopic (exact) mass is 400 g/mol. The van der Waals surface area contributed by atoms with Gasteiger partial charge in [0.05, 0.1) is 38.3 Å². The molecule has 2 aliphatic rings. The van der Waals surface area contributed by atoms with E-state index in [0.29, 0.717) is 18.6 Å². The lowest BCUT2D eigenvalue weighted by Gasteiger charge is -2.29. The van der Waals surface area contributed by atoms with Crippen molar-refractivity contribution in [2.75, 3.05) is 12.9 Å². The first-order valence-corrected chi connectivity index (χ1v) is 10.9. The van der Waals surface area contributed by atoms with Gasteiger partial charge < -0.3 is 19.7 Å². The number of rotatable bonds is 4. The van der Waals surface area contributed by atoms with Crippen molar-refractivity contribution in [2.24, 2.45) is 11.8 Å². The van der Waals surface area contributed by atoms with Gasteiger partial charge in [-0.25, -0.2) is 0 Å². The van der Waals surface area contributed by atoms with Gasteiger partial charge in [-0.2, -0.15) is 11.8 Å². The average Bonchev–Trinajstić information content (AvgIpc) is 2.99. The van der Waals surface area contributed by atoms with E-state index in [1.54, 1.807) is 0 Å². The van der Waals surface area contributed by atoms with Gasteiger partial charge >= 0.3 is 11.9 Å². The van der Waals surface area contributed by atoms with Crippen LogP contribution in [-0.4, -0.2) is 58.6 Å². The largest absolute Gasteiger partial charge is 0.469 e. The first-order chi connectivity index (χ1) is 12.9. The fourth-order valence-corrected chi connectivity index (χ4v) is 5.17. The van der Waals surface area contributed by atoms with E-state index in [1.807, 2.05) is 6.92 Å². The fraction of sp³-hybridized carbons (Fsp3) is 0.800. The topological polar surface area (TPSA) is 93.1 Å². The zero-order chi connectivity index (χ0) is 19.8. The Balaban J connectivity index is 2.12. The van der Waals surface area contributed by atoms with Crippen LogP contribution < -0.4 is 0 Å². The van der Waals surface area contributed by atoms with Gasteiger partial charge in [0, 0.05) is 11.0 Å². The number of ether oxygens (including phenoxy) is 2. The molecule has 0 saturated heterocycles. The molecule has 7 heteroatoms. The van der Waals surface area contributed by atoms with E-state index in [9.17, 15) is 19.8 Å². The molecule has 0 aromatic carbocycles. The van der Waals surface area contributed by atoms with E-state index < -0.39 is 12.2 Å². The van der Waals surface area contributed by atoms with Crippen LogP contribution in [0.15, 0.2) is 12.2 Å². The lowest BCUT2D eigenvalue weighted by Crippen LogP contribution is -2.36. The number of fused-ring (bicyclic) bond motifs is 1. The van der Waals surface area contributed by atoms with E-state index in [4.69, 9.17) is 4.74 Å². The third-order valence-corrected chi connectivity index (χ3v) is 6.70. The number of hydrogen-bond donors (Lipinski definition) is 2. The maximum Gasteiger partial charge on any atom is 0.307 e. The highest BCUT2D eigenvalue weighted by molar-refractivity contribution is 8.00. The van der Waals surface area contributed by atoms with Gasteiger partial charge in [0.15, 0.2) is 0 Å². The van der Waals surface area contributed by atoms with Crippen LogP contribution in [-0.2, 0) is 19.1 Å². The molecule has 0 amide bonds. The zero-order valence-electron chi connectivity index (χ0n) is 16.2. The summed E-state index contributed by atoms with van der Waals surface area (Å²) in [6, 6.07) is 0. The number of carbonyl (C=O) groups excluding carboxylic acids is 2. The summed E-state index contributed by atoms with van der Waals surface area (Å²) in [5, 5.41) is 20.8. The van der Waals surface area contributed by atoms with Crippen LogP contribution in [0.3, 0.4) is 0 Å². The summed E-state index contributed by atoms with van der Waals surface area (Å²) in [4.78, 5) is 23.7. The maximum atomic E-state index is 12.4. The minimum Gasteiger partial charge on any atom is -0.469 e. The molecule has 0 radical (unpaired) electrons. The second-order valence-electron chi connectivity index (χ2n) is 7.54. The van der Waals surface area contributed by atoms with Gasteiger partial charge in [0.2, 0.25) is 0 Å². The Labute approximate surface area is 165 Å². The summed E-state index contributed by atoms with van der Waals surface area (Å²) < 4.78 is 10.2. The minimum atomic E-state index is -0.747. The number of methoxy groups -OCH3 is 1. The van der Waals surface area contributed by atoms with Crippen LogP contribution in [0.25, 0.3) is 0 Å². The van der Waals surface area contributed by atoms with Crippen LogP contribution >= 0.6 is 11.8 Å². The Hall–Kier alpha value is -1.05. The molecule has 1 saturated carbocycles. The van der Waals surface area contributed by atoms with Crippen LogP contribution in [0.1, 0.15) is 51.9 Å². The number of aliphatic hydroxyl groups is 2. The van der Waals surface area contributed by atoms with Gasteiger partial charge in [-0.15, -0.1) is 0 Å². The number of hydrogen-bond acceptors (Lipinski definition) is 7. The summed E-state index contributed by atoms with van der Waals surface area (Å²) in [6.45, 7) is 1.89. The highest BCUT2D eigenvalue weighted by Gasteiger charge is 2.40. The van der Waals surface area contributed by atoms with E-state index >= 15 is 0 Å². The molecule has 2 N–H and O–H groups in total. The maximum absolute atomic E-state index is 12.4. The highest BCUT2D eigenvalue weighted by Crippen LogP contribution is 2.39. The molecule has 0 aromatic heterocycles. The van der Waals surface area contributed by atoms with Gasteiger partial charge in [-0.05, 0) is 50.9 Å². The summed E-state index contributed by atoms with van der Waals surface area (Å²) in [5.74, 6) is -0.160. The van der Waals surface area contributed by atoms with Gasteiger partial charge in [0.1, 0.15) is 0 Å². The Morgan fingerprint density at radius 1 is 1.37 bits per heavy atom. The smallest absolute Gasteiger partial charge is 0.307 e. The standard InChI is InChI=1S/C20H32O6S/c1-13-6-4-3-5-7-14-10-15(21)11-16(14)20(24)17(12-19(23)26-13)27-9-8-18(22)25-2/h5,7,13-17,20-21,24H,3-4,6,8-12H2,1-2H3/b7-5+/t13-,14+,15-,16+,17+,20-/m0/s1. The fourth-order valence-electron chi connectivity index (χ4n) is 3.93. The molecule has 0 aromatic rings. The Kier molecular flexibility index (Phi) is 9.12. The third kappa shape index (κ3) is 7.12. The van der Waals surface area contributed by atoms with Crippen LogP contribution in [0.4, 0.5) is 0 Å². The minimum absolute atomic E-state index is 0.0976. The quantitative estimate of drug-likeness (QED) is 0.553. The predicted molar refractivity (Wildman–Crippen MR) is 104 cm³/mol. The van der Waals surface area contributed by atoms with Crippen molar-refractivity contribution in [3.8, 4) is 0 Å². The molecule has 6 atom stereocenters. The lowest BCUT2D eigenvalue weighted by molar-refractivity contribution is -0.149. The Bertz CT molecular complexity index is 523. The molecule has 1 aliphatic carbocycles. The summed E-state index contributed by atoms with van der Waals surface area (Å²) >= 11 is 1.40. The lowest BCUT2D eigenvalue weighted by atomic mass is 9.87. The van der Waals surface area contributed by atoms with E-state index in [1.165, 1.54) is 18.9 Å². The molecule has 6 nitrogen and oxygen atoms in total. The van der Waals surface area contributed by atoms with Crippen molar-refractivity contribution >= 4 is 23.7 Å². The first kappa shape index (κ1) is 22.2. The molecule has 1 fully saturated rings. The summed E-state index contributed by atoms with van der Waals surface area (Å²) in [5.41, 5.74) is 0. The van der Waals surface area contributed by atoms with Crippen LogP contribution in [0.5, 0.6) is 0 Å². The first-order valence-electron chi connectivity index (χ1n) is 9.81. The molecule has 1 aliphatic heterocycles. The van der Waals surface area contributed by atoms with Crippen molar-refractivity contribution in [1.29, 1.82) is 0 Å². The van der Waals surface area contributed by atoms with E-state index in [2.05, 4.69) is 16.9 Å². The normalized spacial score (nSPS) is 36.5. The molecule has 1 heterocycles. The van der Waals surface area contributed by atoms with Crippen LogP contribution in [0, 0.1) is 11.8 Å². The second kappa shape index (κ2) is 11.1. The van der Waals surface area contributed by atoms with Crippen molar-refractivity contribution in [2.45, 2.75) is 75.4 Å². The summed E-state index contributed by atoms with van der Waals surface area (Å²) in [7, 11) is 1.34. The molecular weight excluding hydrogens is 368 g/mol.